The first-order valence-corrected chi connectivity index (χ1v) is 9.02. The third kappa shape index (κ3) is 2.44. The molecule has 0 unspecified atom stereocenters. The third-order valence-electron chi connectivity index (χ3n) is 4.18. The second kappa shape index (κ2) is 5.17. The largest absolute Gasteiger partial charge is 0.312 e. The summed E-state index contributed by atoms with van der Waals surface area (Å²) >= 11 is 0. The fraction of sp³-hybridized carbons (Fsp3) is 0.615. The molecule has 2 aliphatic rings. The predicted octanol–water partition coefficient (Wildman–Crippen LogP) is 0.221. The lowest BCUT2D eigenvalue weighted by molar-refractivity contribution is 0.404. The quantitative estimate of drug-likeness (QED) is 0.804. The van der Waals surface area contributed by atoms with Crippen LogP contribution in [0, 0.1) is 0 Å². The number of sulfonamides is 1. The van der Waals surface area contributed by atoms with Crippen molar-refractivity contribution in [2.24, 2.45) is 0 Å². The summed E-state index contributed by atoms with van der Waals surface area (Å²) in [6, 6.07) is 1.86. The van der Waals surface area contributed by atoms with Gasteiger partial charge in [0.2, 0.25) is 10.0 Å². The van der Waals surface area contributed by atoms with Gasteiger partial charge in [-0.2, -0.15) is 9.40 Å². The highest BCUT2D eigenvalue weighted by Gasteiger charge is 2.41. The molecule has 9 heteroatoms. The van der Waals surface area contributed by atoms with Crippen LogP contribution in [0.15, 0.2) is 18.5 Å². The molecule has 2 aromatic heterocycles. The van der Waals surface area contributed by atoms with Crippen LogP contribution in [0.3, 0.4) is 0 Å². The van der Waals surface area contributed by atoms with Crippen LogP contribution in [0.4, 0.5) is 0 Å². The highest BCUT2D eigenvalue weighted by molar-refractivity contribution is 7.90. The fourth-order valence-electron chi connectivity index (χ4n) is 2.84. The van der Waals surface area contributed by atoms with Gasteiger partial charge in [-0.25, -0.2) is 8.42 Å². The maximum atomic E-state index is 12.4. The predicted molar refractivity (Wildman–Crippen MR) is 78.3 cm³/mol. The lowest BCUT2D eigenvalue weighted by Gasteiger charge is -2.18. The van der Waals surface area contributed by atoms with E-state index < -0.39 is 10.0 Å². The second-order valence-corrected chi connectivity index (χ2v) is 8.03. The number of rotatable bonds is 4. The summed E-state index contributed by atoms with van der Waals surface area (Å²) in [5.41, 5.74) is 0. The highest BCUT2D eigenvalue weighted by Crippen LogP contribution is 2.32. The molecule has 2 aromatic rings. The van der Waals surface area contributed by atoms with Crippen molar-refractivity contribution >= 4 is 10.0 Å². The summed E-state index contributed by atoms with van der Waals surface area (Å²) < 4.78 is 30.3. The topological polar surface area (TPSA) is 85.9 Å². The Kier molecular flexibility index (Phi) is 3.26. The van der Waals surface area contributed by atoms with Crippen molar-refractivity contribution in [1.29, 1.82) is 0 Å². The van der Waals surface area contributed by atoms with Crippen LogP contribution >= 0.6 is 0 Å². The standard InChI is InChI=1S/C13H18N6O2S/c20-22(21,11-3-4-11)18-7-2-8-19-12(15-16-13(19)10-18)9-17-6-1-5-14-17/h1,5-6,11H,2-4,7-10H2. The van der Waals surface area contributed by atoms with E-state index in [0.29, 0.717) is 19.6 Å². The van der Waals surface area contributed by atoms with Gasteiger partial charge >= 0.3 is 0 Å². The minimum atomic E-state index is -3.16. The van der Waals surface area contributed by atoms with Crippen molar-refractivity contribution in [3.05, 3.63) is 30.1 Å². The van der Waals surface area contributed by atoms with E-state index in [1.807, 2.05) is 16.8 Å². The normalized spacial score (nSPS) is 19.8. The highest BCUT2D eigenvalue weighted by atomic mass is 32.2. The lowest BCUT2D eigenvalue weighted by Crippen LogP contribution is -2.33. The van der Waals surface area contributed by atoms with E-state index >= 15 is 0 Å². The Morgan fingerprint density at radius 2 is 2.09 bits per heavy atom. The zero-order valence-corrected chi connectivity index (χ0v) is 13.0. The number of nitrogens with zero attached hydrogens (tertiary/aromatic N) is 6. The average Bonchev–Trinajstić information content (AvgIpc) is 3.20. The maximum absolute atomic E-state index is 12.4. The van der Waals surface area contributed by atoms with Crippen molar-refractivity contribution in [2.45, 2.75) is 44.1 Å². The van der Waals surface area contributed by atoms with Crippen molar-refractivity contribution in [3.63, 3.8) is 0 Å². The average molecular weight is 322 g/mol. The number of aromatic nitrogens is 5. The van der Waals surface area contributed by atoms with Crippen molar-refractivity contribution < 1.29 is 8.42 Å². The Morgan fingerprint density at radius 3 is 2.82 bits per heavy atom. The molecule has 1 saturated carbocycles. The van der Waals surface area contributed by atoms with Crippen LogP contribution in [-0.2, 0) is 29.7 Å². The molecule has 8 nitrogen and oxygen atoms in total. The summed E-state index contributed by atoms with van der Waals surface area (Å²) in [7, 11) is -3.16. The van der Waals surface area contributed by atoms with Gasteiger partial charge in [-0.3, -0.25) is 4.68 Å². The van der Waals surface area contributed by atoms with Gasteiger partial charge in [-0.1, -0.05) is 0 Å². The summed E-state index contributed by atoms with van der Waals surface area (Å²) in [5, 5.41) is 12.4. The van der Waals surface area contributed by atoms with E-state index in [1.165, 1.54) is 0 Å². The Balaban J connectivity index is 1.59. The molecular weight excluding hydrogens is 304 g/mol. The number of hydrogen-bond donors (Lipinski definition) is 0. The fourth-order valence-corrected chi connectivity index (χ4v) is 4.67. The van der Waals surface area contributed by atoms with Crippen LogP contribution in [-0.4, -0.2) is 49.1 Å². The van der Waals surface area contributed by atoms with E-state index in [0.717, 1.165) is 37.5 Å². The second-order valence-electron chi connectivity index (χ2n) is 5.82. The Bertz CT molecular complexity index is 763. The zero-order valence-electron chi connectivity index (χ0n) is 12.2. The smallest absolute Gasteiger partial charge is 0.217 e. The van der Waals surface area contributed by atoms with Gasteiger partial charge in [0.25, 0.3) is 0 Å². The first-order valence-electron chi connectivity index (χ1n) is 7.52. The molecule has 0 spiro atoms. The molecule has 0 aromatic carbocycles. The van der Waals surface area contributed by atoms with Gasteiger partial charge in [-0.15, -0.1) is 10.2 Å². The lowest BCUT2D eigenvalue weighted by atomic mass is 10.4. The van der Waals surface area contributed by atoms with Crippen molar-refractivity contribution in [3.8, 4) is 0 Å². The monoisotopic (exact) mass is 322 g/mol. The zero-order chi connectivity index (χ0) is 15.2. The maximum Gasteiger partial charge on any atom is 0.217 e. The molecule has 0 saturated heterocycles. The van der Waals surface area contributed by atoms with Crippen molar-refractivity contribution in [1.82, 2.24) is 28.9 Å². The van der Waals surface area contributed by atoms with Crippen LogP contribution < -0.4 is 0 Å². The van der Waals surface area contributed by atoms with E-state index in [2.05, 4.69) is 15.3 Å². The SMILES string of the molecule is O=S(=O)(C1CC1)N1CCCn2c(nnc2Cn2cccn2)C1. The molecule has 3 heterocycles. The Labute approximate surface area is 128 Å². The first kappa shape index (κ1) is 13.9. The van der Waals surface area contributed by atoms with E-state index in [4.69, 9.17) is 0 Å². The van der Waals surface area contributed by atoms with Gasteiger partial charge in [0.1, 0.15) is 12.4 Å². The Hall–Kier alpha value is -1.74. The molecule has 1 aliphatic carbocycles. The molecule has 1 fully saturated rings. The molecule has 1 aliphatic heterocycles. The molecule has 0 atom stereocenters. The summed E-state index contributed by atoms with van der Waals surface area (Å²) in [5.74, 6) is 1.55. The summed E-state index contributed by atoms with van der Waals surface area (Å²) in [6.07, 6.45) is 5.96. The van der Waals surface area contributed by atoms with Crippen LogP contribution in [0.2, 0.25) is 0 Å². The number of fused-ring (bicyclic) bond motifs is 1. The van der Waals surface area contributed by atoms with Gasteiger partial charge in [0.15, 0.2) is 5.82 Å². The molecule has 0 radical (unpaired) electrons. The van der Waals surface area contributed by atoms with Gasteiger partial charge in [-0.05, 0) is 25.3 Å². The Morgan fingerprint density at radius 1 is 1.23 bits per heavy atom. The first-order chi connectivity index (χ1) is 10.6. The minimum absolute atomic E-state index is 0.175. The van der Waals surface area contributed by atoms with Crippen LogP contribution in [0.25, 0.3) is 0 Å². The summed E-state index contributed by atoms with van der Waals surface area (Å²) in [4.78, 5) is 0. The van der Waals surface area contributed by atoms with Crippen LogP contribution in [0.1, 0.15) is 30.9 Å². The molecule has 0 amide bonds. The van der Waals surface area contributed by atoms with Gasteiger partial charge in [0, 0.05) is 25.5 Å². The third-order valence-corrected chi connectivity index (χ3v) is 6.52. The van der Waals surface area contributed by atoms with E-state index in [9.17, 15) is 8.42 Å². The molecule has 22 heavy (non-hydrogen) atoms. The van der Waals surface area contributed by atoms with Gasteiger partial charge in [0.05, 0.1) is 11.8 Å². The van der Waals surface area contributed by atoms with E-state index in [1.54, 1.807) is 15.2 Å². The van der Waals surface area contributed by atoms with Crippen molar-refractivity contribution in [2.75, 3.05) is 6.54 Å². The van der Waals surface area contributed by atoms with Crippen LogP contribution in [0.5, 0.6) is 0 Å². The van der Waals surface area contributed by atoms with Gasteiger partial charge < -0.3 is 4.57 Å². The molecule has 118 valence electrons. The minimum Gasteiger partial charge on any atom is -0.312 e. The molecule has 0 bridgehead atoms. The van der Waals surface area contributed by atoms with E-state index in [-0.39, 0.29) is 5.25 Å². The molecular formula is C13H18N6O2S. The molecule has 4 rings (SSSR count). The molecule has 0 N–H and O–H groups in total. The number of hydrogen-bond acceptors (Lipinski definition) is 5. The summed E-state index contributed by atoms with van der Waals surface area (Å²) in [6.45, 7) is 2.18.